The van der Waals surface area contributed by atoms with E-state index in [9.17, 15) is 0 Å². The molecule has 17 heavy (non-hydrogen) atoms. The van der Waals surface area contributed by atoms with Crippen LogP contribution in [0.2, 0.25) is 13.1 Å². The normalized spacial score (nSPS) is 10.4. The van der Waals surface area contributed by atoms with Gasteiger partial charge in [-0.2, -0.15) is 0 Å². The van der Waals surface area contributed by atoms with Gasteiger partial charge in [0, 0.05) is 36.1 Å². The molecule has 2 aromatic carbocycles. The summed E-state index contributed by atoms with van der Waals surface area (Å²) in [7, 11) is -0.822. The second-order valence-electron chi connectivity index (χ2n) is 4.30. The van der Waals surface area contributed by atoms with Gasteiger partial charge in [-0.25, -0.2) is 0 Å². The fraction of sp³-hybridized carbons (Fsp3) is 0.133. The largest absolute Gasteiger partial charge is 0.0711 e. The van der Waals surface area contributed by atoms with Gasteiger partial charge >= 0.3 is 0 Å². The maximum atomic E-state index is 2.38. The van der Waals surface area contributed by atoms with Crippen molar-refractivity contribution in [2.45, 2.75) is 13.1 Å². The molecule has 0 heterocycles. The summed E-state index contributed by atoms with van der Waals surface area (Å²) in [6, 6.07) is 21.5. The summed E-state index contributed by atoms with van der Waals surface area (Å²) >= 11 is 0. The van der Waals surface area contributed by atoms with Crippen molar-refractivity contribution in [3.05, 3.63) is 77.3 Å². The Morgan fingerprint density at radius 3 is 1.35 bits per heavy atom. The zero-order chi connectivity index (χ0) is 11.4. The standard InChI is InChI=1S/C15H17Si.Ti/c1-16(2)15(13-9-5-3-6-10-13)14-11-7-4-8-12-14;/h3-12,16H,1-2H3;. The zero-order valence-electron chi connectivity index (χ0n) is 10.4. The van der Waals surface area contributed by atoms with Gasteiger partial charge in [-0.15, -0.1) is 0 Å². The second-order valence-corrected chi connectivity index (χ2v) is 7.19. The predicted molar refractivity (Wildman–Crippen MR) is 73.2 cm³/mol. The first-order chi connectivity index (χ1) is 7.79. The number of hydrogen-bond donors (Lipinski definition) is 0. The molecule has 85 valence electrons. The third-order valence-corrected chi connectivity index (χ3v) is 4.57. The minimum absolute atomic E-state index is 0. The van der Waals surface area contributed by atoms with Gasteiger partial charge in [-0.3, -0.25) is 0 Å². The van der Waals surface area contributed by atoms with Gasteiger partial charge in [-0.05, 0) is 11.1 Å². The molecule has 0 aromatic heterocycles. The molecule has 0 spiro atoms. The molecule has 2 heteroatoms. The third kappa shape index (κ3) is 3.67. The summed E-state index contributed by atoms with van der Waals surface area (Å²) in [6.07, 6.45) is 0. The van der Waals surface area contributed by atoms with E-state index in [2.05, 4.69) is 73.8 Å². The predicted octanol–water partition coefficient (Wildman–Crippen LogP) is 3.68. The van der Waals surface area contributed by atoms with E-state index in [0.717, 1.165) is 0 Å². The van der Waals surface area contributed by atoms with Gasteiger partial charge < -0.3 is 0 Å². The van der Waals surface area contributed by atoms with Crippen LogP contribution in [0.15, 0.2) is 60.7 Å². The molecular weight excluding hydrogens is 256 g/mol. The second kappa shape index (κ2) is 6.95. The van der Waals surface area contributed by atoms with Gasteiger partial charge in [-0.1, -0.05) is 73.8 Å². The van der Waals surface area contributed by atoms with Crippen molar-refractivity contribution in [2.75, 3.05) is 0 Å². The van der Waals surface area contributed by atoms with Crippen molar-refractivity contribution < 1.29 is 21.7 Å². The number of rotatable bonds is 3. The van der Waals surface area contributed by atoms with Crippen LogP contribution < -0.4 is 0 Å². The summed E-state index contributed by atoms with van der Waals surface area (Å²) < 4.78 is 0. The molecule has 2 aromatic rings. The average molecular weight is 273 g/mol. The first-order valence-electron chi connectivity index (χ1n) is 5.76. The average Bonchev–Trinajstić information content (AvgIpc) is 2.31. The molecule has 1 radical (unpaired) electrons. The first-order valence-corrected chi connectivity index (χ1v) is 8.65. The van der Waals surface area contributed by atoms with Crippen LogP contribution in [-0.2, 0) is 21.7 Å². The maximum absolute atomic E-state index is 2.38. The minimum atomic E-state index is -0.822. The van der Waals surface area contributed by atoms with Crippen LogP contribution in [0.25, 0.3) is 0 Å². The SMILES string of the molecule is C[SiH](C)[C](c1ccccc1)c1ccccc1.[Ti]. The van der Waals surface area contributed by atoms with E-state index in [4.69, 9.17) is 0 Å². The molecule has 0 N–H and O–H groups in total. The van der Waals surface area contributed by atoms with Crippen LogP contribution in [0.1, 0.15) is 11.1 Å². The molecular formula is C15H17SiTi. The molecule has 0 bridgehead atoms. The zero-order valence-corrected chi connectivity index (χ0v) is 13.1. The van der Waals surface area contributed by atoms with E-state index in [1.165, 1.54) is 11.1 Å². The van der Waals surface area contributed by atoms with Crippen LogP contribution in [0.4, 0.5) is 0 Å². The number of hydrogen-bond acceptors (Lipinski definition) is 0. The van der Waals surface area contributed by atoms with Gasteiger partial charge in [0.2, 0.25) is 0 Å². The van der Waals surface area contributed by atoms with Crippen LogP contribution in [0, 0.1) is 5.54 Å². The molecule has 0 aliphatic carbocycles. The Balaban J connectivity index is 0.00000144. The molecule has 0 aliphatic heterocycles. The molecule has 0 saturated carbocycles. The van der Waals surface area contributed by atoms with Crippen LogP contribution in [0.3, 0.4) is 0 Å². The van der Waals surface area contributed by atoms with Crippen LogP contribution in [0.5, 0.6) is 0 Å². The van der Waals surface area contributed by atoms with E-state index in [-0.39, 0.29) is 21.7 Å². The molecule has 0 atom stereocenters. The Hall–Kier alpha value is -0.629. The van der Waals surface area contributed by atoms with E-state index >= 15 is 0 Å². The topological polar surface area (TPSA) is 0 Å². The summed E-state index contributed by atoms with van der Waals surface area (Å²) in [5.41, 5.74) is 4.33. The summed E-state index contributed by atoms with van der Waals surface area (Å²) in [5.74, 6) is 0. The summed E-state index contributed by atoms with van der Waals surface area (Å²) in [6.45, 7) is 4.77. The molecule has 0 nitrogen and oxygen atoms in total. The molecule has 0 aliphatic rings. The Morgan fingerprint density at radius 1 is 0.706 bits per heavy atom. The Morgan fingerprint density at radius 2 is 1.06 bits per heavy atom. The van der Waals surface area contributed by atoms with E-state index in [0.29, 0.717) is 0 Å². The fourth-order valence-corrected chi connectivity index (χ4v) is 3.79. The first kappa shape index (κ1) is 14.4. The van der Waals surface area contributed by atoms with E-state index in [1.54, 1.807) is 5.54 Å². The molecule has 0 amide bonds. The summed E-state index contributed by atoms with van der Waals surface area (Å²) in [4.78, 5) is 0. The van der Waals surface area contributed by atoms with Crippen LogP contribution in [-0.4, -0.2) is 8.80 Å². The monoisotopic (exact) mass is 273 g/mol. The van der Waals surface area contributed by atoms with E-state index < -0.39 is 8.80 Å². The van der Waals surface area contributed by atoms with Crippen molar-refractivity contribution in [1.29, 1.82) is 0 Å². The Kier molecular flexibility index (Phi) is 5.90. The van der Waals surface area contributed by atoms with Gasteiger partial charge in [0.1, 0.15) is 0 Å². The number of benzene rings is 2. The van der Waals surface area contributed by atoms with E-state index in [1.807, 2.05) is 0 Å². The Bertz CT molecular complexity index is 386. The van der Waals surface area contributed by atoms with Crippen molar-refractivity contribution >= 4 is 8.80 Å². The smallest absolute Gasteiger partial charge is 0.0494 e. The van der Waals surface area contributed by atoms with Crippen molar-refractivity contribution in [3.63, 3.8) is 0 Å². The van der Waals surface area contributed by atoms with Gasteiger partial charge in [0.05, 0.1) is 0 Å². The van der Waals surface area contributed by atoms with Crippen molar-refractivity contribution in [2.24, 2.45) is 0 Å². The van der Waals surface area contributed by atoms with Crippen LogP contribution >= 0.6 is 0 Å². The van der Waals surface area contributed by atoms with Crippen molar-refractivity contribution in [1.82, 2.24) is 0 Å². The van der Waals surface area contributed by atoms with Gasteiger partial charge in [0.15, 0.2) is 0 Å². The molecule has 0 fully saturated rings. The van der Waals surface area contributed by atoms with Crippen molar-refractivity contribution in [3.8, 4) is 0 Å². The summed E-state index contributed by atoms with van der Waals surface area (Å²) in [5, 5.41) is 0. The minimum Gasteiger partial charge on any atom is -0.0711 e. The molecule has 0 saturated heterocycles. The fourth-order valence-electron chi connectivity index (χ4n) is 2.07. The molecule has 2 rings (SSSR count). The maximum Gasteiger partial charge on any atom is 0.0494 e. The molecule has 0 unspecified atom stereocenters. The third-order valence-electron chi connectivity index (χ3n) is 2.75. The Labute approximate surface area is 121 Å². The quantitative estimate of drug-likeness (QED) is 0.748. The van der Waals surface area contributed by atoms with Gasteiger partial charge in [0.25, 0.3) is 0 Å².